The van der Waals surface area contributed by atoms with E-state index in [0.717, 1.165) is 37.8 Å². The lowest BCUT2D eigenvalue weighted by atomic mass is 10.1. The monoisotopic (exact) mass is 362 g/mol. The van der Waals surface area contributed by atoms with Crippen LogP contribution < -0.4 is 10.6 Å². The minimum absolute atomic E-state index is 0.237. The molecule has 2 N–H and O–H groups in total. The van der Waals surface area contributed by atoms with Gasteiger partial charge >= 0.3 is 0 Å². The molecule has 7 heteroatoms. The second-order valence-electron chi connectivity index (χ2n) is 7.72. The highest BCUT2D eigenvalue weighted by Crippen LogP contribution is 2.22. The summed E-state index contributed by atoms with van der Waals surface area (Å²) in [6.07, 6.45) is 3.76. The zero-order valence-electron chi connectivity index (χ0n) is 16.9. The molecule has 146 valence electrons. The van der Waals surface area contributed by atoms with Crippen LogP contribution in [0.15, 0.2) is 4.99 Å². The number of guanidine groups is 1. The minimum atomic E-state index is 0.237. The quantitative estimate of drug-likeness (QED) is 0.604. The highest BCUT2D eigenvalue weighted by molar-refractivity contribution is 5.80. The lowest BCUT2D eigenvalue weighted by molar-refractivity contribution is -0.0453. The van der Waals surface area contributed by atoms with Gasteiger partial charge in [0.1, 0.15) is 0 Å². The third kappa shape index (κ3) is 4.38. The molecule has 0 amide bonds. The Labute approximate surface area is 157 Å². The van der Waals surface area contributed by atoms with Gasteiger partial charge in [-0.25, -0.2) is 0 Å². The van der Waals surface area contributed by atoms with Crippen molar-refractivity contribution in [2.75, 3.05) is 33.3 Å². The Balaban J connectivity index is 1.47. The number of morpholine rings is 1. The largest absolute Gasteiger partial charge is 0.373 e. The van der Waals surface area contributed by atoms with Crippen molar-refractivity contribution in [3.8, 4) is 0 Å². The standard InChI is InChI=1S/C19H34N6O/c1-13(9-18-14(2)23-24(5)15(18)3)22-19(20-4)21-10-17-11-25-8-6-7-16(25)12-26-17/h13,16-17H,6-12H2,1-5H3,(H2,20,21,22). The molecular weight excluding hydrogens is 328 g/mol. The molecule has 0 spiro atoms. The first kappa shape index (κ1) is 19.2. The van der Waals surface area contributed by atoms with Crippen LogP contribution in [0.1, 0.15) is 36.7 Å². The summed E-state index contributed by atoms with van der Waals surface area (Å²) >= 11 is 0. The van der Waals surface area contributed by atoms with Crippen molar-refractivity contribution in [2.45, 2.75) is 58.2 Å². The van der Waals surface area contributed by atoms with Crippen molar-refractivity contribution in [2.24, 2.45) is 12.0 Å². The van der Waals surface area contributed by atoms with Crippen LogP contribution in [0.2, 0.25) is 0 Å². The number of hydrogen-bond acceptors (Lipinski definition) is 4. The topological polar surface area (TPSA) is 66.7 Å². The SMILES string of the molecule is CN=C(NCC1CN2CCCC2CO1)NC(C)Cc1c(C)nn(C)c1C. The predicted octanol–water partition coefficient (Wildman–Crippen LogP) is 0.996. The Kier molecular flexibility index (Phi) is 6.19. The molecule has 0 aromatic carbocycles. The molecule has 2 saturated heterocycles. The van der Waals surface area contributed by atoms with E-state index in [0.29, 0.717) is 6.04 Å². The van der Waals surface area contributed by atoms with E-state index in [1.54, 1.807) is 0 Å². The Bertz CT molecular complexity index is 640. The molecule has 2 aliphatic rings. The fourth-order valence-electron chi connectivity index (χ4n) is 4.12. The van der Waals surface area contributed by atoms with Gasteiger partial charge in [-0.15, -0.1) is 0 Å². The van der Waals surface area contributed by atoms with E-state index in [2.05, 4.69) is 46.4 Å². The van der Waals surface area contributed by atoms with E-state index in [9.17, 15) is 0 Å². The van der Waals surface area contributed by atoms with Gasteiger partial charge in [-0.3, -0.25) is 14.6 Å². The summed E-state index contributed by atoms with van der Waals surface area (Å²) < 4.78 is 7.98. The molecule has 26 heavy (non-hydrogen) atoms. The summed E-state index contributed by atoms with van der Waals surface area (Å²) in [6, 6.07) is 0.924. The summed E-state index contributed by atoms with van der Waals surface area (Å²) in [4.78, 5) is 6.95. The van der Waals surface area contributed by atoms with Crippen LogP contribution in [0.25, 0.3) is 0 Å². The van der Waals surface area contributed by atoms with Gasteiger partial charge in [0.05, 0.1) is 18.4 Å². The highest BCUT2D eigenvalue weighted by Gasteiger charge is 2.32. The Hall–Kier alpha value is -1.60. The normalized spacial score (nSPS) is 25.2. The Morgan fingerprint density at radius 3 is 2.92 bits per heavy atom. The van der Waals surface area contributed by atoms with Gasteiger partial charge in [-0.2, -0.15) is 5.10 Å². The maximum absolute atomic E-state index is 6.02. The number of fused-ring (bicyclic) bond motifs is 1. The molecule has 3 unspecified atom stereocenters. The molecule has 3 heterocycles. The molecule has 3 atom stereocenters. The van der Waals surface area contributed by atoms with Crippen LogP contribution in [0, 0.1) is 13.8 Å². The first-order valence-corrected chi connectivity index (χ1v) is 9.79. The van der Waals surface area contributed by atoms with Crippen molar-refractivity contribution < 1.29 is 4.74 Å². The summed E-state index contributed by atoms with van der Waals surface area (Å²) in [5, 5.41) is 11.4. The number of nitrogens with one attached hydrogen (secondary N) is 2. The molecule has 2 fully saturated rings. The summed E-state index contributed by atoms with van der Waals surface area (Å²) in [6.45, 7) is 10.3. The van der Waals surface area contributed by atoms with Gasteiger partial charge in [0.2, 0.25) is 0 Å². The zero-order valence-corrected chi connectivity index (χ0v) is 16.9. The van der Waals surface area contributed by atoms with Gasteiger partial charge in [0.15, 0.2) is 5.96 Å². The van der Waals surface area contributed by atoms with Crippen molar-refractivity contribution in [1.82, 2.24) is 25.3 Å². The van der Waals surface area contributed by atoms with Crippen molar-refractivity contribution in [1.29, 1.82) is 0 Å². The smallest absolute Gasteiger partial charge is 0.191 e. The zero-order chi connectivity index (χ0) is 18.7. The molecule has 2 aliphatic heterocycles. The van der Waals surface area contributed by atoms with E-state index >= 15 is 0 Å². The lowest BCUT2D eigenvalue weighted by Crippen LogP contribution is -2.52. The summed E-state index contributed by atoms with van der Waals surface area (Å²) in [5.74, 6) is 0.837. The molecular formula is C19H34N6O. The number of hydrogen-bond donors (Lipinski definition) is 2. The van der Waals surface area contributed by atoms with Crippen LogP contribution >= 0.6 is 0 Å². The summed E-state index contributed by atoms with van der Waals surface area (Å²) in [7, 11) is 3.82. The van der Waals surface area contributed by atoms with E-state index < -0.39 is 0 Å². The average molecular weight is 363 g/mol. The molecule has 0 radical (unpaired) electrons. The van der Waals surface area contributed by atoms with Crippen LogP contribution in [0.3, 0.4) is 0 Å². The number of rotatable bonds is 5. The summed E-state index contributed by atoms with van der Waals surface area (Å²) in [5.41, 5.74) is 3.66. The number of aryl methyl sites for hydroxylation is 2. The van der Waals surface area contributed by atoms with Crippen LogP contribution in [-0.2, 0) is 18.2 Å². The second kappa shape index (κ2) is 8.39. The molecule has 0 aliphatic carbocycles. The first-order chi connectivity index (χ1) is 12.5. The average Bonchev–Trinajstić information content (AvgIpc) is 3.18. The van der Waals surface area contributed by atoms with Gasteiger partial charge in [-0.05, 0) is 52.1 Å². The van der Waals surface area contributed by atoms with E-state index in [4.69, 9.17) is 4.74 Å². The van der Waals surface area contributed by atoms with Crippen molar-refractivity contribution in [3.63, 3.8) is 0 Å². The predicted molar refractivity (Wildman–Crippen MR) is 105 cm³/mol. The minimum Gasteiger partial charge on any atom is -0.373 e. The maximum atomic E-state index is 6.02. The van der Waals surface area contributed by atoms with Crippen LogP contribution in [0.5, 0.6) is 0 Å². The second-order valence-corrected chi connectivity index (χ2v) is 7.72. The van der Waals surface area contributed by atoms with Gasteiger partial charge in [-0.1, -0.05) is 0 Å². The van der Waals surface area contributed by atoms with Gasteiger partial charge in [0.25, 0.3) is 0 Å². The lowest BCUT2D eigenvalue weighted by Gasteiger charge is -2.35. The van der Waals surface area contributed by atoms with E-state index in [-0.39, 0.29) is 12.1 Å². The van der Waals surface area contributed by atoms with Gasteiger partial charge in [0, 0.05) is 45.0 Å². The molecule has 1 aromatic rings. The van der Waals surface area contributed by atoms with Crippen molar-refractivity contribution in [3.05, 3.63) is 17.0 Å². The Morgan fingerprint density at radius 1 is 1.42 bits per heavy atom. The Morgan fingerprint density at radius 2 is 2.23 bits per heavy atom. The van der Waals surface area contributed by atoms with E-state index in [1.807, 2.05) is 18.8 Å². The van der Waals surface area contributed by atoms with Crippen LogP contribution in [-0.4, -0.2) is 72.1 Å². The number of aromatic nitrogens is 2. The number of aliphatic imine (C=N–C) groups is 1. The molecule has 0 saturated carbocycles. The van der Waals surface area contributed by atoms with Gasteiger partial charge < -0.3 is 15.4 Å². The molecule has 0 bridgehead atoms. The number of ether oxygens (including phenoxy) is 1. The molecule has 7 nitrogen and oxygen atoms in total. The van der Waals surface area contributed by atoms with Crippen molar-refractivity contribution >= 4 is 5.96 Å². The maximum Gasteiger partial charge on any atom is 0.191 e. The highest BCUT2D eigenvalue weighted by atomic mass is 16.5. The van der Waals surface area contributed by atoms with Crippen LogP contribution in [0.4, 0.5) is 0 Å². The fourth-order valence-corrected chi connectivity index (χ4v) is 4.12. The fraction of sp³-hybridized carbons (Fsp3) is 0.789. The molecule has 1 aromatic heterocycles. The third-order valence-electron chi connectivity index (χ3n) is 5.73. The molecule has 3 rings (SSSR count). The third-order valence-corrected chi connectivity index (χ3v) is 5.73. The number of nitrogens with zero attached hydrogens (tertiary/aromatic N) is 4. The van der Waals surface area contributed by atoms with E-state index in [1.165, 1.54) is 30.6 Å². The first-order valence-electron chi connectivity index (χ1n) is 9.79.